The van der Waals surface area contributed by atoms with E-state index in [1.165, 1.54) is 19.1 Å². The zero-order chi connectivity index (χ0) is 16.6. The van der Waals surface area contributed by atoms with E-state index in [2.05, 4.69) is 9.97 Å². The Kier molecular flexibility index (Phi) is 4.01. The number of Topliss-reactive ketones (excluding diaryl/α,β-unsaturated/α-hetero) is 1. The van der Waals surface area contributed by atoms with E-state index in [4.69, 9.17) is 11.6 Å². The number of halogens is 2. The summed E-state index contributed by atoms with van der Waals surface area (Å²) in [6.45, 7) is 3.40. The molecule has 1 N–H and O–H groups in total. The molecule has 0 radical (unpaired) electrons. The summed E-state index contributed by atoms with van der Waals surface area (Å²) in [5.41, 5.74) is 4.51. The summed E-state index contributed by atoms with van der Waals surface area (Å²) < 4.78 is 13.4. The van der Waals surface area contributed by atoms with Crippen molar-refractivity contribution in [2.24, 2.45) is 0 Å². The summed E-state index contributed by atoms with van der Waals surface area (Å²) in [6.07, 6.45) is 3.38. The van der Waals surface area contributed by atoms with Crippen LogP contribution in [0.5, 0.6) is 0 Å². The normalized spacial score (nSPS) is 10.8. The van der Waals surface area contributed by atoms with Crippen LogP contribution in [0.1, 0.15) is 22.8 Å². The molecule has 0 aliphatic heterocycles. The van der Waals surface area contributed by atoms with Gasteiger partial charge in [-0.2, -0.15) is 0 Å². The number of aromatic amines is 1. The minimum Gasteiger partial charge on any atom is -0.354 e. The molecule has 0 fully saturated rings. The van der Waals surface area contributed by atoms with Crippen LogP contribution < -0.4 is 0 Å². The van der Waals surface area contributed by atoms with Crippen molar-refractivity contribution in [3.63, 3.8) is 0 Å². The van der Waals surface area contributed by atoms with Crippen LogP contribution in [-0.4, -0.2) is 15.8 Å². The molecule has 116 valence electrons. The Labute approximate surface area is 138 Å². The second kappa shape index (κ2) is 5.97. The van der Waals surface area contributed by atoms with Crippen molar-refractivity contribution < 1.29 is 9.18 Å². The van der Waals surface area contributed by atoms with E-state index in [0.717, 1.165) is 16.8 Å². The first-order valence-electron chi connectivity index (χ1n) is 7.08. The number of nitrogens with zero attached hydrogens (tertiary/aromatic N) is 1. The molecule has 0 unspecified atom stereocenters. The Hall–Kier alpha value is -2.46. The van der Waals surface area contributed by atoms with E-state index in [9.17, 15) is 9.18 Å². The number of rotatable bonds is 3. The van der Waals surface area contributed by atoms with Crippen LogP contribution in [0.15, 0.2) is 42.7 Å². The second-order valence-electron chi connectivity index (χ2n) is 5.30. The second-order valence-corrected chi connectivity index (χ2v) is 5.70. The largest absolute Gasteiger partial charge is 0.354 e. The van der Waals surface area contributed by atoms with Crippen molar-refractivity contribution in [1.29, 1.82) is 0 Å². The molecule has 0 spiro atoms. The lowest BCUT2D eigenvalue weighted by atomic mass is 10.0. The molecule has 3 nitrogen and oxygen atoms in total. The zero-order valence-corrected chi connectivity index (χ0v) is 13.4. The highest BCUT2D eigenvalue weighted by Crippen LogP contribution is 2.34. The first-order valence-corrected chi connectivity index (χ1v) is 7.46. The minimum absolute atomic E-state index is 0.0229. The van der Waals surface area contributed by atoms with Gasteiger partial charge in [-0.1, -0.05) is 11.6 Å². The third-order valence-corrected chi connectivity index (χ3v) is 4.07. The van der Waals surface area contributed by atoms with Gasteiger partial charge in [0.05, 0.1) is 10.7 Å². The van der Waals surface area contributed by atoms with Crippen molar-refractivity contribution >= 4 is 17.4 Å². The molecule has 0 bridgehead atoms. The molecule has 1 aromatic carbocycles. The first-order chi connectivity index (χ1) is 11.0. The fourth-order valence-corrected chi connectivity index (χ4v) is 2.89. The zero-order valence-electron chi connectivity index (χ0n) is 12.7. The Morgan fingerprint density at radius 3 is 2.43 bits per heavy atom. The van der Waals surface area contributed by atoms with E-state index in [1.54, 1.807) is 18.5 Å². The van der Waals surface area contributed by atoms with Crippen molar-refractivity contribution in [2.45, 2.75) is 13.8 Å². The quantitative estimate of drug-likeness (QED) is 0.684. The highest BCUT2D eigenvalue weighted by atomic mass is 35.5. The summed E-state index contributed by atoms with van der Waals surface area (Å²) in [4.78, 5) is 19.4. The van der Waals surface area contributed by atoms with E-state index < -0.39 is 5.82 Å². The molecule has 0 saturated carbocycles. The van der Waals surface area contributed by atoms with Gasteiger partial charge in [0, 0.05) is 34.8 Å². The van der Waals surface area contributed by atoms with Gasteiger partial charge in [-0.15, -0.1) is 0 Å². The summed E-state index contributed by atoms with van der Waals surface area (Å²) in [5, 5.41) is 0.0229. The van der Waals surface area contributed by atoms with Gasteiger partial charge in [-0.05, 0) is 49.7 Å². The topological polar surface area (TPSA) is 45.8 Å². The number of benzene rings is 1. The number of nitrogens with one attached hydrogen (secondary N) is 1. The fraction of sp³-hybridized carbons (Fsp3) is 0.111. The molecule has 2 heterocycles. The van der Waals surface area contributed by atoms with Crippen LogP contribution >= 0.6 is 11.6 Å². The molecule has 0 aliphatic rings. The summed E-state index contributed by atoms with van der Waals surface area (Å²) in [6, 6.07) is 8.15. The van der Waals surface area contributed by atoms with Crippen LogP contribution in [0.3, 0.4) is 0 Å². The van der Waals surface area contributed by atoms with Gasteiger partial charge in [-0.3, -0.25) is 9.78 Å². The molecule has 0 amide bonds. The number of ketones is 1. The molecule has 0 atom stereocenters. The van der Waals surface area contributed by atoms with Gasteiger partial charge >= 0.3 is 0 Å². The SMILES string of the molecule is CC(=O)c1c(-c2ccc(F)c(Cl)c2)[nH]c(-c2ccncc2)c1C. The number of hydrogen-bond donors (Lipinski definition) is 1. The average molecular weight is 329 g/mol. The highest BCUT2D eigenvalue weighted by Gasteiger charge is 2.20. The maximum atomic E-state index is 13.4. The lowest BCUT2D eigenvalue weighted by molar-refractivity contribution is 0.101. The Balaban J connectivity index is 2.24. The maximum absolute atomic E-state index is 13.4. The van der Waals surface area contributed by atoms with E-state index in [1.807, 2.05) is 19.1 Å². The Bertz CT molecular complexity index is 888. The van der Waals surface area contributed by atoms with Crippen molar-refractivity contribution in [2.75, 3.05) is 0 Å². The fourth-order valence-electron chi connectivity index (χ4n) is 2.71. The molecule has 2 aromatic heterocycles. The predicted octanol–water partition coefficient (Wildman–Crippen LogP) is 5.05. The number of carbonyl (C=O) groups is 1. The molecule has 3 aromatic rings. The molecule has 0 aliphatic carbocycles. The molecular weight excluding hydrogens is 315 g/mol. The summed E-state index contributed by atoms with van der Waals surface area (Å²) in [5.74, 6) is -0.549. The van der Waals surface area contributed by atoms with Crippen molar-refractivity contribution in [3.8, 4) is 22.5 Å². The Morgan fingerprint density at radius 1 is 1.13 bits per heavy atom. The predicted molar refractivity (Wildman–Crippen MR) is 89.2 cm³/mol. The number of H-pyrrole nitrogens is 1. The lowest BCUT2D eigenvalue weighted by Crippen LogP contribution is -1.96. The van der Waals surface area contributed by atoms with Crippen LogP contribution in [0.25, 0.3) is 22.5 Å². The van der Waals surface area contributed by atoms with Crippen LogP contribution in [0.4, 0.5) is 4.39 Å². The van der Waals surface area contributed by atoms with Gasteiger partial charge in [-0.25, -0.2) is 4.39 Å². The number of aromatic nitrogens is 2. The molecule has 23 heavy (non-hydrogen) atoms. The average Bonchev–Trinajstić information content (AvgIpc) is 2.88. The van der Waals surface area contributed by atoms with Gasteiger partial charge in [0.2, 0.25) is 0 Å². The smallest absolute Gasteiger partial charge is 0.162 e. The van der Waals surface area contributed by atoms with Crippen LogP contribution in [-0.2, 0) is 0 Å². The van der Waals surface area contributed by atoms with Crippen LogP contribution in [0, 0.1) is 12.7 Å². The number of pyridine rings is 1. The standard InChI is InChI=1S/C18H14ClFN2O/c1-10-16(11(2)23)18(13-3-4-15(20)14(19)9-13)22-17(10)12-5-7-21-8-6-12/h3-9,22H,1-2H3. The van der Waals surface area contributed by atoms with E-state index in [0.29, 0.717) is 16.8 Å². The molecule has 3 rings (SSSR count). The van der Waals surface area contributed by atoms with E-state index in [-0.39, 0.29) is 10.8 Å². The summed E-state index contributed by atoms with van der Waals surface area (Å²) >= 11 is 5.88. The third kappa shape index (κ3) is 2.78. The van der Waals surface area contributed by atoms with Gasteiger partial charge in [0.15, 0.2) is 5.78 Å². The highest BCUT2D eigenvalue weighted by molar-refractivity contribution is 6.31. The minimum atomic E-state index is -0.488. The van der Waals surface area contributed by atoms with Gasteiger partial charge < -0.3 is 4.98 Å². The van der Waals surface area contributed by atoms with Gasteiger partial charge in [0.1, 0.15) is 5.82 Å². The lowest BCUT2D eigenvalue weighted by Gasteiger charge is -2.03. The van der Waals surface area contributed by atoms with Gasteiger partial charge in [0.25, 0.3) is 0 Å². The molecular formula is C18H14ClFN2O. The molecule has 5 heteroatoms. The van der Waals surface area contributed by atoms with Crippen LogP contribution in [0.2, 0.25) is 5.02 Å². The number of hydrogen-bond acceptors (Lipinski definition) is 2. The summed E-state index contributed by atoms with van der Waals surface area (Å²) in [7, 11) is 0. The number of carbonyl (C=O) groups excluding carboxylic acids is 1. The van der Waals surface area contributed by atoms with Crippen molar-refractivity contribution in [1.82, 2.24) is 9.97 Å². The van der Waals surface area contributed by atoms with Crippen molar-refractivity contribution in [3.05, 3.63) is 64.7 Å². The Morgan fingerprint density at radius 2 is 1.83 bits per heavy atom. The van der Waals surface area contributed by atoms with E-state index >= 15 is 0 Å². The molecule has 0 saturated heterocycles. The maximum Gasteiger partial charge on any atom is 0.162 e. The monoisotopic (exact) mass is 328 g/mol. The first kappa shape index (κ1) is 15.4. The third-order valence-electron chi connectivity index (χ3n) is 3.78.